The average Bonchev–Trinajstić information content (AvgIpc) is 2.73. The minimum absolute atomic E-state index is 0.000283. The van der Waals surface area contributed by atoms with Gasteiger partial charge in [0.2, 0.25) is 0 Å². The van der Waals surface area contributed by atoms with Crippen LogP contribution in [0.3, 0.4) is 0 Å². The first-order valence-electron chi connectivity index (χ1n) is 7.45. The first-order chi connectivity index (χ1) is 9.74. The van der Waals surface area contributed by atoms with Gasteiger partial charge in [-0.15, -0.1) is 0 Å². The van der Waals surface area contributed by atoms with E-state index < -0.39 is 0 Å². The Bertz CT molecular complexity index is 417. The molecule has 1 aromatic carbocycles. The summed E-state index contributed by atoms with van der Waals surface area (Å²) in [6.45, 7) is 0.120. The van der Waals surface area contributed by atoms with Crippen LogP contribution in [0.5, 0.6) is 5.75 Å². The summed E-state index contributed by atoms with van der Waals surface area (Å²) >= 11 is 3.51. The summed E-state index contributed by atoms with van der Waals surface area (Å²) in [7, 11) is 1.66. The highest BCUT2D eigenvalue weighted by atomic mass is 79.9. The Morgan fingerprint density at radius 2 is 2.00 bits per heavy atom. The van der Waals surface area contributed by atoms with E-state index in [2.05, 4.69) is 21.2 Å². The van der Waals surface area contributed by atoms with Crippen molar-refractivity contribution < 1.29 is 9.84 Å². The van der Waals surface area contributed by atoms with Gasteiger partial charge in [-0.25, -0.2) is 0 Å². The van der Waals surface area contributed by atoms with Crippen molar-refractivity contribution in [2.75, 3.05) is 13.7 Å². The molecule has 0 heterocycles. The Kier molecular flexibility index (Phi) is 6.33. The molecule has 2 rings (SSSR count). The molecule has 112 valence electrons. The molecule has 1 aromatic rings. The van der Waals surface area contributed by atoms with Crippen LogP contribution in [0.1, 0.15) is 50.1 Å². The zero-order chi connectivity index (χ0) is 14.4. The molecule has 1 fully saturated rings. The second-order valence-electron chi connectivity index (χ2n) is 5.48. The summed E-state index contributed by atoms with van der Waals surface area (Å²) in [6, 6.07) is 6.52. The van der Waals surface area contributed by atoms with Crippen molar-refractivity contribution in [3.8, 4) is 5.75 Å². The maximum absolute atomic E-state index is 9.69. The second-order valence-corrected chi connectivity index (χ2v) is 6.34. The highest BCUT2D eigenvalue weighted by Gasteiger charge is 2.18. The molecule has 0 amide bonds. The summed E-state index contributed by atoms with van der Waals surface area (Å²) < 4.78 is 6.18. The lowest BCUT2D eigenvalue weighted by Crippen LogP contribution is -2.34. The number of halogens is 1. The molecule has 4 heteroatoms. The molecule has 20 heavy (non-hydrogen) atoms. The first-order valence-corrected chi connectivity index (χ1v) is 8.24. The van der Waals surface area contributed by atoms with Crippen molar-refractivity contribution in [2.45, 2.75) is 50.6 Å². The van der Waals surface area contributed by atoms with Gasteiger partial charge in [-0.05, 0) is 46.5 Å². The van der Waals surface area contributed by atoms with E-state index in [0.717, 1.165) is 15.8 Å². The molecular weight excluding hydrogens is 318 g/mol. The van der Waals surface area contributed by atoms with Gasteiger partial charge < -0.3 is 15.2 Å². The van der Waals surface area contributed by atoms with Crippen LogP contribution >= 0.6 is 15.9 Å². The molecule has 3 nitrogen and oxygen atoms in total. The van der Waals surface area contributed by atoms with Gasteiger partial charge in [0.05, 0.1) is 24.2 Å². The summed E-state index contributed by atoms with van der Waals surface area (Å²) in [5.41, 5.74) is 1.10. The maximum atomic E-state index is 9.69. The molecule has 0 saturated heterocycles. The molecule has 2 N–H and O–H groups in total. The van der Waals surface area contributed by atoms with Gasteiger partial charge >= 0.3 is 0 Å². The van der Waals surface area contributed by atoms with Crippen LogP contribution < -0.4 is 10.1 Å². The minimum atomic E-state index is 0.000283. The van der Waals surface area contributed by atoms with E-state index in [1.165, 1.54) is 38.5 Å². The van der Waals surface area contributed by atoms with Crippen molar-refractivity contribution >= 4 is 15.9 Å². The van der Waals surface area contributed by atoms with Crippen molar-refractivity contribution in [1.29, 1.82) is 0 Å². The van der Waals surface area contributed by atoms with Crippen LogP contribution in [0, 0.1) is 0 Å². The van der Waals surface area contributed by atoms with Gasteiger partial charge in [-0.3, -0.25) is 0 Å². The van der Waals surface area contributed by atoms with Gasteiger partial charge in [0, 0.05) is 6.04 Å². The van der Waals surface area contributed by atoms with Crippen LogP contribution in [-0.4, -0.2) is 24.9 Å². The van der Waals surface area contributed by atoms with Crippen molar-refractivity contribution in [1.82, 2.24) is 5.32 Å². The summed E-state index contributed by atoms with van der Waals surface area (Å²) in [5, 5.41) is 13.3. The van der Waals surface area contributed by atoms with Crippen LogP contribution in [0.4, 0.5) is 0 Å². The van der Waals surface area contributed by atoms with E-state index in [1.54, 1.807) is 7.11 Å². The Morgan fingerprint density at radius 1 is 1.30 bits per heavy atom. The highest BCUT2D eigenvalue weighted by molar-refractivity contribution is 9.10. The lowest BCUT2D eigenvalue weighted by molar-refractivity contribution is 0.228. The van der Waals surface area contributed by atoms with Gasteiger partial charge in [-0.1, -0.05) is 31.7 Å². The van der Waals surface area contributed by atoms with E-state index in [-0.39, 0.29) is 12.6 Å². The smallest absolute Gasteiger partial charge is 0.133 e. The zero-order valence-electron chi connectivity index (χ0n) is 12.1. The molecule has 1 atom stereocenters. The number of nitrogens with one attached hydrogen (secondary N) is 1. The third-order valence-electron chi connectivity index (χ3n) is 4.05. The SMILES string of the molecule is COc1ccc(C(CO)NC2CCCCCC2)cc1Br. The Hall–Kier alpha value is -0.580. The zero-order valence-corrected chi connectivity index (χ0v) is 13.7. The van der Waals surface area contributed by atoms with E-state index in [4.69, 9.17) is 4.74 Å². The van der Waals surface area contributed by atoms with E-state index in [0.29, 0.717) is 6.04 Å². The summed E-state index contributed by atoms with van der Waals surface area (Å²) in [4.78, 5) is 0. The number of methoxy groups -OCH3 is 1. The second kappa shape index (κ2) is 8.01. The Balaban J connectivity index is 2.05. The van der Waals surface area contributed by atoms with Crippen molar-refractivity contribution in [3.63, 3.8) is 0 Å². The first kappa shape index (κ1) is 15.8. The lowest BCUT2D eigenvalue weighted by atomic mass is 10.0. The van der Waals surface area contributed by atoms with Crippen LogP contribution in [-0.2, 0) is 0 Å². The fourth-order valence-corrected chi connectivity index (χ4v) is 3.44. The molecule has 0 radical (unpaired) electrons. The molecule has 1 saturated carbocycles. The largest absolute Gasteiger partial charge is 0.496 e. The number of hydrogen-bond donors (Lipinski definition) is 2. The fourth-order valence-electron chi connectivity index (χ4n) is 2.88. The van der Waals surface area contributed by atoms with E-state index in [9.17, 15) is 5.11 Å². The standard InChI is InChI=1S/C16H24BrNO2/c1-20-16-9-8-12(10-14(16)17)15(11-19)18-13-6-4-2-3-5-7-13/h8-10,13,15,18-19H,2-7,11H2,1H3. The highest BCUT2D eigenvalue weighted by Crippen LogP contribution is 2.29. The number of aliphatic hydroxyl groups excluding tert-OH is 1. The quantitative estimate of drug-likeness (QED) is 0.800. The lowest BCUT2D eigenvalue weighted by Gasteiger charge is -2.24. The van der Waals surface area contributed by atoms with E-state index >= 15 is 0 Å². The van der Waals surface area contributed by atoms with Crippen molar-refractivity contribution in [3.05, 3.63) is 28.2 Å². The molecule has 0 bridgehead atoms. The predicted molar refractivity (Wildman–Crippen MR) is 85.1 cm³/mol. The maximum Gasteiger partial charge on any atom is 0.133 e. The average molecular weight is 342 g/mol. The molecule has 0 aromatic heterocycles. The van der Waals surface area contributed by atoms with Crippen LogP contribution in [0.25, 0.3) is 0 Å². The number of rotatable bonds is 5. The summed E-state index contributed by atoms with van der Waals surface area (Å²) in [5.74, 6) is 0.819. The molecule has 1 aliphatic rings. The van der Waals surface area contributed by atoms with Crippen molar-refractivity contribution in [2.24, 2.45) is 0 Å². The molecule has 1 aliphatic carbocycles. The van der Waals surface area contributed by atoms with Crippen LogP contribution in [0.15, 0.2) is 22.7 Å². The molecular formula is C16H24BrNO2. The van der Waals surface area contributed by atoms with Gasteiger partial charge in [0.15, 0.2) is 0 Å². The molecule has 0 spiro atoms. The number of ether oxygens (including phenoxy) is 1. The Morgan fingerprint density at radius 3 is 2.55 bits per heavy atom. The monoisotopic (exact) mass is 341 g/mol. The van der Waals surface area contributed by atoms with Gasteiger partial charge in [0.1, 0.15) is 5.75 Å². The predicted octanol–water partition coefficient (Wildman–Crippen LogP) is 3.80. The van der Waals surface area contributed by atoms with Gasteiger partial charge in [0.25, 0.3) is 0 Å². The van der Waals surface area contributed by atoms with Gasteiger partial charge in [-0.2, -0.15) is 0 Å². The third kappa shape index (κ3) is 4.21. The van der Waals surface area contributed by atoms with E-state index in [1.807, 2.05) is 18.2 Å². The topological polar surface area (TPSA) is 41.5 Å². The number of benzene rings is 1. The minimum Gasteiger partial charge on any atom is -0.496 e. The normalized spacial score (nSPS) is 18.6. The van der Waals surface area contributed by atoms with Crippen LogP contribution in [0.2, 0.25) is 0 Å². The third-order valence-corrected chi connectivity index (χ3v) is 4.67. The molecule has 0 aliphatic heterocycles. The Labute approximate surface area is 129 Å². The molecule has 1 unspecified atom stereocenters. The number of hydrogen-bond acceptors (Lipinski definition) is 3. The summed E-state index contributed by atoms with van der Waals surface area (Å²) in [6.07, 6.45) is 7.71. The fraction of sp³-hybridized carbons (Fsp3) is 0.625. The number of aliphatic hydroxyl groups is 1.